The second-order valence-corrected chi connectivity index (χ2v) is 7.92. The molecule has 2 heterocycles. The van der Waals surface area contributed by atoms with Gasteiger partial charge in [0.05, 0.1) is 23.6 Å². The zero-order valence-electron chi connectivity index (χ0n) is 17.9. The van der Waals surface area contributed by atoms with Gasteiger partial charge in [0.15, 0.2) is 16.8 Å². The summed E-state index contributed by atoms with van der Waals surface area (Å²) < 4.78 is 7.10. The van der Waals surface area contributed by atoms with Crippen molar-refractivity contribution in [3.05, 3.63) is 52.3 Å². The lowest BCUT2D eigenvalue weighted by Gasteiger charge is -2.07. The SMILES string of the molecule is CCOC(=O)c1c(C)[nH]c(C(=O)CSc2nnc(-c3cccc(C)c3)n2CC)c1C. The van der Waals surface area contributed by atoms with Gasteiger partial charge in [0, 0.05) is 17.8 Å². The average molecular weight is 427 g/mol. The molecule has 0 unspecified atom stereocenters. The minimum atomic E-state index is -0.413. The maximum atomic E-state index is 12.8. The van der Waals surface area contributed by atoms with Crippen LogP contribution in [0.15, 0.2) is 29.4 Å². The fourth-order valence-corrected chi connectivity index (χ4v) is 4.29. The molecule has 1 N–H and O–H groups in total. The van der Waals surface area contributed by atoms with Crippen molar-refractivity contribution in [2.75, 3.05) is 12.4 Å². The number of aromatic amines is 1. The van der Waals surface area contributed by atoms with Crippen molar-refractivity contribution < 1.29 is 14.3 Å². The highest BCUT2D eigenvalue weighted by molar-refractivity contribution is 7.99. The number of thioether (sulfide) groups is 1. The molecule has 0 spiro atoms. The van der Waals surface area contributed by atoms with Gasteiger partial charge < -0.3 is 14.3 Å². The van der Waals surface area contributed by atoms with E-state index >= 15 is 0 Å². The van der Waals surface area contributed by atoms with Crippen LogP contribution in [0.2, 0.25) is 0 Å². The summed E-state index contributed by atoms with van der Waals surface area (Å²) in [5.41, 5.74) is 4.27. The first-order chi connectivity index (χ1) is 14.4. The molecule has 0 amide bonds. The van der Waals surface area contributed by atoms with E-state index in [4.69, 9.17) is 4.74 Å². The Balaban J connectivity index is 1.79. The average Bonchev–Trinajstić information content (AvgIpc) is 3.26. The Bertz CT molecular complexity index is 1080. The fraction of sp³-hybridized carbons (Fsp3) is 0.364. The Labute approximate surface area is 180 Å². The minimum absolute atomic E-state index is 0.0982. The standard InChI is InChI=1S/C22H26N4O3S/c1-6-26-20(16-10-8-9-13(3)11-16)24-25-22(26)30-12-17(27)19-14(4)18(15(5)23-19)21(28)29-7-2/h8-11,23H,6-7,12H2,1-5H3. The molecular weight excluding hydrogens is 400 g/mol. The monoisotopic (exact) mass is 426 g/mol. The van der Waals surface area contributed by atoms with Crippen LogP contribution in [0.3, 0.4) is 0 Å². The highest BCUT2D eigenvalue weighted by atomic mass is 32.2. The number of aryl methyl sites for hydroxylation is 2. The van der Waals surface area contributed by atoms with E-state index in [0.717, 1.165) is 17.0 Å². The van der Waals surface area contributed by atoms with Crippen molar-refractivity contribution in [3.63, 3.8) is 0 Å². The van der Waals surface area contributed by atoms with Gasteiger partial charge in [0.2, 0.25) is 0 Å². The molecule has 30 heavy (non-hydrogen) atoms. The van der Waals surface area contributed by atoms with Crippen molar-refractivity contribution in [2.24, 2.45) is 0 Å². The lowest BCUT2D eigenvalue weighted by atomic mass is 10.1. The molecule has 0 bridgehead atoms. The Morgan fingerprint density at radius 1 is 1.17 bits per heavy atom. The Morgan fingerprint density at radius 2 is 1.93 bits per heavy atom. The summed E-state index contributed by atoms with van der Waals surface area (Å²) in [4.78, 5) is 28.1. The number of ether oxygens (including phenoxy) is 1. The van der Waals surface area contributed by atoms with Crippen LogP contribution in [0.5, 0.6) is 0 Å². The molecular formula is C22H26N4O3S. The molecule has 0 radical (unpaired) electrons. The first-order valence-corrected chi connectivity index (χ1v) is 10.9. The summed E-state index contributed by atoms with van der Waals surface area (Å²) in [5, 5.41) is 9.32. The van der Waals surface area contributed by atoms with Crippen molar-refractivity contribution in [1.29, 1.82) is 0 Å². The number of benzene rings is 1. The van der Waals surface area contributed by atoms with Crippen molar-refractivity contribution in [1.82, 2.24) is 19.7 Å². The van der Waals surface area contributed by atoms with E-state index in [1.165, 1.54) is 11.8 Å². The number of nitrogens with one attached hydrogen (secondary N) is 1. The molecule has 0 saturated carbocycles. The minimum Gasteiger partial charge on any atom is -0.462 e. The van der Waals surface area contributed by atoms with E-state index < -0.39 is 5.97 Å². The summed E-state index contributed by atoms with van der Waals surface area (Å²) in [6.07, 6.45) is 0. The summed E-state index contributed by atoms with van der Waals surface area (Å²) in [5.74, 6) is 0.463. The van der Waals surface area contributed by atoms with Gasteiger partial charge in [-0.1, -0.05) is 35.5 Å². The molecule has 0 fully saturated rings. The molecule has 0 saturated heterocycles. The fourth-order valence-electron chi connectivity index (χ4n) is 3.42. The van der Waals surface area contributed by atoms with E-state index in [9.17, 15) is 9.59 Å². The number of hydrogen-bond acceptors (Lipinski definition) is 6. The van der Waals surface area contributed by atoms with E-state index in [1.54, 1.807) is 20.8 Å². The number of H-pyrrole nitrogens is 1. The molecule has 2 aromatic heterocycles. The van der Waals surface area contributed by atoms with Crippen LogP contribution < -0.4 is 0 Å². The molecule has 0 aliphatic carbocycles. The number of esters is 1. The van der Waals surface area contributed by atoms with Crippen LogP contribution in [0.1, 0.15) is 51.5 Å². The van der Waals surface area contributed by atoms with Crippen LogP contribution in [-0.2, 0) is 11.3 Å². The van der Waals surface area contributed by atoms with Gasteiger partial charge in [-0.3, -0.25) is 4.79 Å². The maximum Gasteiger partial charge on any atom is 0.340 e. The lowest BCUT2D eigenvalue weighted by Crippen LogP contribution is -2.09. The van der Waals surface area contributed by atoms with E-state index in [2.05, 4.69) is 21.2 Å². The zero-order valence-corrected chi connectivity index (χ0v) is 18.7. The third-order valence-electron chi connectivity index (χ3n) is 4.84. The number of carbonyl (C=O) groups is 2. The predicted molar refractivity (Wildman–Crippen MR) is 117 cm³/mol. The molecule has 3 rings (SSSR count). The quantitative estimate of drug-likeness (QED) is 0.327. The van der Waals surface area contributed by atoms with Gasteiger partial charge >= 0.3 is 5.97 Å². The molecule has 158 valence electrons. The van der Waals surface area contributed by atoms with Crippen LogP contribution >= 0.6 is 11.8 Å². The highest BCUT2D eigenvalue weighted by Crippen LogP contribution is 2.26. The van der Waals surface area contributed by atoms with Crippen LogP contribution in [-0.4, -0.2) is 43.9 Å². The van der Waals surface area contributed by atoms with E-state index in [-0.39, 0.29) is 18.1 Å². The second kappa shape index (κ2) is 9.30. The van der Waals surface area contributed by atoms with Gasteiger partial charge in [-0.25, -0.2) is 4.79 Å². The molecule has 3 aromatic rings. The summed E-state index contributed by atoms with van der Waals surface area (Å²) >= 11 is 1.34. The van der Waals surface area contributed by atoms with Crippen LogP contribution in [0, 0.1) is 20.8 Å². The maximum absolute atomic E-state index is 12.8. The third-order valence-corrected chi connectivity index (χ3v) is 5.80. The summed E-state index contributed by atoms with van der Waals surface area (Å²) in [7, 11) is 0. The number of nitrogens with zero attached hydrogens (tertiary/aromatic N) is 3. The molecule has 0 atom stereocenters. The third kappa shape index (κ3) is 4.33. The number of carbonyl (C=O) groups excluding carboxylic acids is 2. The van der Waals surface area contributed by atoms with E-state index in [1.807, 2.05) is 36.6 Å². The largest absolute Gasteiger partial charge is 0.462 e. The molecule has 7 nitrogen and oxygen atoms in total. The Kier molecular flexibility index (Phi) is 6.77. The van der Waals surface area contributed by atoms with Gasteiger partial charge in [0.25, 0.3) is 0 Å². The normalized spacial score (nSPS) is 11.0. The van der Waals surface area contributed by atoms with Gasteiger partial charge in [-0.05, 0) is 46.2 Å². The van der Waals surface area contributed by atoms with Crippen molar-refractivity contribution in [3.8, 4) is 11.4 Å². The first-order valence-electron chi connectivity index (χ1n) is 9.89. The zero-order chi connectivity index (χ0) is 21.8. The van der Waals surface area contributed by atoms with Gasteiger partial charge in [-0.2, -0.15) is 0 Å². The number of aromatic nitrogens is 4. The first kappa shape index (κ1) is 21.8. The van der Waals surface area contributed by atoms with Crippen molar-refractivity contribution >= 4 is 23.5 Å². The lowest BCUT2D eigenvalue weighted by molar-refractivity contribution is 0.0525. The number of hydrogen-bond donors (Lipinski definition) is 1. The molecule has 8 heteroatoms. The van der Waals surface area contributed by atoms with Crippen molar-refractivity contribution in [2.45, 2.75) is 46.3 Å². The number of Topliss-reactive ketones (excluding diaryl/α,β-unsaturated/α-hetero) is 1. The second-order valence-electron chi connectivity index (χ2n) is 6.98. The number of ketones is 1. The van der Waals surface area contributed by atoms with Crippen LogP contribution in [0.25, 0.3) is 11.4 Å². The number of rotatable bonds is 8. The molecule has 1 aromatic carbocycles. The summed E-state index contributed by atoms with van der Waals surface area (Å²) in [6.45, 7) is 10.3. The Hall–Kier alpha value is -2.87. The summed E-state index contributed by atoms with van der Waals surface area (Å²) in [6, 6.07) is 8.10. The van der Waals surface area contributed by atoms with E-state index in [0.29, 0.717) is 34.2 Å². The topological polar surface area (TPSA) is 89.9 Å². The van der Waals surface area contributed by atoms with Gasteiger partial charge in [-0.15, -0.1) is 10.2 Å². The smallest absolute Gasteiger partial charge is 0.340 e. The Morgan fingerprint density at radius 3 is 2.60 bits per heavy atom. The highest BCUT2D eigenvalue weighted by Gasteiger charge is 2.23. The predicted octanol–water partition coefficient (Wildman–Crippen LogP) is 4.37. The van der Waals surface area contributed by atoms with Crippen LogP contribution in [0.4, 0.5) is 0 Å². The van der Waals surface area contributed by atoms with Gasteiger partial charge in [0.1, 0.15) is 0 Å². The molecule has 0 aliphatic heterocycles. The molecule has 0 aliphatic rings.